The van der Waals surface area contributed by atoms with Crippen LogP contribution in [0.25, 0.3) is 22.2 Å². The third-order valence-electron chi connectivity index (χ3n) is 7.19. The van der Waals surface area contributed by atoms with Gasteiger partial charge in [0.05, 0.1) is 37.4 Å². The highest BCUT2D eigenvalue weighted by Gasteiger charge is 2.51. The summed E-state index contributed by atoms with van der Waals surface area (Å²) in [6.07, 6.45) is -2.45. The molecule has 4 aromatic rings. The van der Waals surface area contributed by atoms with Crippen molar-refractivity contribution in [2.24, 2.45) is 0 Å². The Bertz CT molecular complexity index is 1750. The number of nitrogens with one attached hydrogen (secondary N) is 1. The van der Waals surface area contributed by atoms with E-state index in [1.807, 2.05) is 0 Å². The van der Waals surface area contributed by atoms with Gasteiger partial charge in [-0.15, -0.1) is 0 Å². The maximum absolute atomic E-state index is 13.6. The third kappa shape index (κ3) is 5.17. The fourth-order valence-electron chi connectivity index (χ4n) is 5.16. The van der Waals surface area contributed by atoms with Crippen LogP contribution in [0.4, 0.5) is 5.82 Å². The summed E-state index contributed by atoms with van der Waals surface area (Å²) in [5.74, 6) is 0.210. The molecule has 0 bridgehead atoms. The Morgan fingerprint density at radius 2 is 1.93 bits per heavy atom. The summed E-state index contributed by atoms with van der Waals surface area (Å²) in [7, 11) is -7.94. The van der Waals surface area contributed by atoms with Gasteiger partial charge in [-0.25, -0.2) is 19.9 Å². The van der Waals surface area contributed by atoms with Crippen LogP contribution in [0.1, 0.15) is 18.9 Å². The minimum Gasteiger partial charge on any atom is -0.387 e. The average molecular weight is 628 g/mol. The van der Waals surface area contributed by atoms with E-state index >= 15 is 0 Å². The van der Waals surface area contributed by atoms with Gasteiger partial charge in [0.25, 0.3) is 5.56 Å². The Hall–Kier alpha value is -3.09. The zero-order chi connectivity index (χ0) is 29.8. The molecular formula is C21H26N8O11P2. The third-order valence-corrected chi connectivity index (χ3v) is 9.43. The van der Waals surface area contributed by atoms with E-state index in [4.69, 9.17) is 29.1 Å². The van der Waals surface area contributed by atoms with Crippen LogP contribution in [0.3, 0.4) is 0 Å². The molecule has 19 nitrogen and oxygen atoms in total. The molecule has 0 amide bonds. The minimum atomic E-state index is -4.63. The monoisotopic (exact) mass is 628 g/mol. The number of aromatic nitrogens is 7. The van der Waals surface area contributed by atoms with Gasteiger partial charge in [0, 0.05) is 6.20 Å². The van der Waals surface area contributed by atoms with Crippen LogP contribution >= 0.6 is 15.9 Å². The SMILES string of the molecule is Nc1ncnc2c1ccn2[C@@H]1OC(COP(=O)(O)[C@@H]2CC(CO[PH](=O)O)O[C@H]2n2cnc3c(=O)[nH]cnc32)[C@@H](O)[C@H]1O. The molecule has 0 aliphatic carbocycles. The lowest BCUT2D eigenvalue weighted by Gasteiger charge is -2.25. The van der Waals surface area contributed by atoms with Crippen molar-refractivity contribution in [3.05, 3.63) is 41.6 Å². The number of rotatable bonds is 9. The Morgan fingerprint density at radius 3 is 2.71 bits per heavy atom. The van der Waals surface area contributed by atoms with Crippen LogP contribution < -0.4 is 11.3 Å². The molecule has 2 saturated heterocycles. The van der Waals surface area contributed by atoms with Crippen LogP contribution in [-0.2, 0) is 27.7 Å². The number of imidazole rings is 1. The summed E-state index contributed by atoms with van der Waals surface area (Å²) in [4.78, 5) is 50.9. The van der Waals surface area contributed by atoms with Gasteiger partial charge < -0.3 is 53.8 Å². The second-order valence-electron chi connectivity index (χ2n) is 9.71. The van der Waals surface area contributed by atoms with Crippen molar-refractivity contribution in [1.29, 1.82) is 0 Å². The summed E-state index contributed by atoms with van der Waals surface area (Å²) in [6, 6.07) is 1.62. The first kappa shape index (κ1) is 29.0. The first-order valence-electron chi connectivity index (χ1n) is 12.5. The lowest BCUT2D eigenvalue weighted by Crippen LogP contribution is -2.34. The summed E-state index contributed by atoms with van der Waals surface area (Å²) in [5, 5.41) is 21.9. The van der Waals surface area contributed by atoms with Crippen molar-refractivity contribution in [1.82, 2.24) is 34.1 Å². The number of aromatic amines is 1. The molecule has 0 radical (unpaired) electrons. The van der Waals surface area contributed by atoms with E-state index < -0.39 is 70.5 Å². The van der Waals surface area contributed by atoms with E-state index in [-0.39, 0.29) is 30.0 Å². The smallest absolute Gasteiger partial charge is 0.335 e. The van der Waals surface area contributed by atoms with Gasteiger partial charge in [0.2, 0.25) is 0 Å². The second-order valence-corrected chi connectivity index (χ2v) is 12.6. The number of nitrogens with zero attached hydrogens (tertiary/aromatic N) is 6. The highest BCUT2D eigenvalue weighted by molar-refractivity contribution is 7.53. The van der Waals surface area contributed by atoms with Gasteiger partial charge in [-0.05, 0) is 12.5 Å². The Balaban J connectivity index is 1.22. The van der Waals surface area contributed by atoms with E-state index in [0.29, 0.717) is 11.0 Å². The fourth-order valence-corrected chi connectivity index (χ4v) is 7.08. The molecule has 226 valence electrons. The van der Waals surface area contributed by atoms with Crippen LogP contribution in [0, 0.1) is 0 Å². The lowest BCUT2D eigenvalue weighted by atomic mass is 10.1. The van der Waals surface area contributed by atoms with E-state index in [1.165, 1.54) is 21.8 Å². The number of hydrogen-bond acceptors (Lipinski definition) is 14. The van der Waals surface area contributed by atoms with Crippen LogP contribution in [0.5, 0.6) is 0 Å². The molecule has 4 unspecified atom stereocenters. The van der Waals surface area contributed by atoms with Crippen LogP contribution in [0.2, 0.25) is 0 Å². The molecule has 2 aliphatic heterocycles. The first-order valence-corrected chi connectivity index (χ1v) is 15.4. The predicted octanol–water partition coefficient (Wildman–Crippen LogP) is -0.977. The van der Waals surface area contributed by atoms with E-state index in [9.17, 15) is 29.0 Å². The molecular weight excluding hydrogens is 602 g/mol. The summed E-state index contributed by atoms with van der Waals surface area (Å²) in [5.41, 5.74) is 4.42. The first-order chi connectivity index (χ1) is 20.0. The zero-order valence-electron chi connectivity index (χ0n) is 21.4. The molecule has 0 spiro atoms. The zero-order valence-corrected chi connectivity index (χ0v) is 23.3. The molecule has 21 heteroatoms. The number of nitrogen functional groups attached to an aromatic ring is 1. The van der Waals surface area contributed by atoms with Crippen molar-refractivity contribution in [2.75, 3.05) is 18.9 Å². The molecule has 2 aliphatic rings. The Morgan fingerprint density at radius 1 is 1.12 bits per heavy atom. The van der Waals surface area contributed by atoms with E-state index in [0.717, 1.165) is 6.33 Å². The normalized spacial score (nSPS) is 30.2. The van der Waals surface area contributed by atoms with E-state index in [1.54, 1.807) is 12.3 Å². The van der Waals surface area contributed by atoms with Crippen molar-refractivity contribution < 1.29 is 47.7 Å². The highest BCUT2D eigenvalue weighted by Crippen LogP contribution is 2.57. The number of aliphatic hydroxyl groups excluding tert-OH is 2. The molecule has 4 aromatic heterocycles. The van der Waals surface area contributed by atoms with Crippen molar-refractivity contribution >= 4 is 43.9 Å². The quantitative estimate of drug-likeness (QED) is 0.122. The summed E-state index contributed by atoms with van der Waals surface area (Å²) < 4.78 is 49.4. The number of H-pyrrole nitrogens is 1. The molecule has 6 rings (SSSR count). The largest absolute Gasteiger partial charge is 0.387 e. The summed E-state index contributed by atoms with van der Waals surface area (Å²) >= 11 is 0. The van der Waals surface area contributed by atoms with Crippen LogP contribution in [-0.4, -0.2) is 97.3 Å². The van der Waals surface area contributed by atoms with Crippen molar-refractivity contribution in [2.45, 2.75) is 49.0 Å². The predicted molar refractivity (Wildman–Crippen MR) is 141 cm³/mol. The summed E-state index contributed by atoms with van der Waals surface area (Å²) in [6.45, 7) is -0.963. The molecule has 9 atom stereocenters. The van der Waals surface area contributed by atoms with Crippen molar-refractivity contribution in [3.8, 4) is 0 Å². The van der Waals surface area contributed by atoms with Gasteiger partial charge in [0.1, 0.15) is 41.8 Å². The standard InChI is InChI=1S/C21H26N8O11P2/c22-16-10-1-2-28(17(10)24-6-23-16)21-15(31)14(30)11(40-21)5-38-42(35,36)12-3-9(4-37-41(33)34)39-20(12)29-8-27-13-18(29)25-7-26-19(13)32/h1-2,6-9,11-12,14-15,20-21,30-31,41H,3-5H2,(H,33,34)(H,35,36)(H2,22,23,24)(H,25,26,32)/t9?,11?,12-,14-,15-,20-,21-/m1/s1. The van der Waals surface area contributed by atoms with Crippen molar-refractivity contribution in [3.63, 3.8) is 0 Å². The molecule has 0 aromatic carbocycles. The number of hydrogen-bond donors (Lipinski definition) is 6. The number of nitrogens with two attached hydrogens (primary N) is 1. The van der Waals surface area contributed by atoms with Gasteiger partial charge in [-0.1, -0.05) is 0 Å². The number of anilines is 1. The molecule has 0 saturated carbocycles. The van der Waals surface area contributed by atoms with Gasteiger partial charge >= 0.3 is 15.9 Å². The lowest BCUT2D eigenvalue weighted by molar-refractivity contribution is -0.0492. The fraction of sp³-hybridized carbons (Fsp3) is 0.476. The van der Waals surface area contributed by atoms with E-state index in [2.05, 4.69) is 24.9 Å². The molecule has 42 heavy (non-hydrogen) atoms. The number of aliphatic hydroxyl groups is 2. The highest BCUT2D eigenvalue weighted by atomic mass is 31.2. The number of fused-ring (bicyclic) bond motifs is 2. The molecule has 2 fully saturated rings. The molecule has 7 N–H and O–H groups in total. The average Bonchev–Trinajstić information content (AvgIpc) is 3.73. The van der Waals surface area contributed by atoms with Gasteiger partial charge in [-0.2, -0.15) is 0 Å². The maximum Gasteiger partial charge on any atom is 0.335 e. The maximum atomic E-state index is 13.6. The second kappa shape index (κ2) is 11.2. The van der Waals surface area contributed by atoms with Gasteiger partial charge in [-0.3, -0.25) is 18.5 Å². The Kier molecular flexibility index (Phi) is 7.73. The Labute approximate surface area is 235 Å². The minimum absolute atomic E-state index is 0.0410. The van der Waals surface area contributed by atoms with Crippen LogP contribution in [0.15, 0.2) is 36.0 Å². The molecule has 6 heterocycles. The number of ether oxygens (including phenoxy) is 2. The van der Waals surface area contributed by atoms with Gasteiger partial charge in [0.15, 0.2) is 23.6 Å². The topological polar surface area (TPSA) is 272 Å².